The number of hydrogen-bond acceptors (Lipinski definition) is 20. The van der Waals surface area contributed by atoms with Crippen LogP contribution in [0.4, 0.5) is 0 Å². The second-order valence-electron chi connectivity index (χ2n) is 23.7. The van der Waals surface area contributed by atoms with Crippen LogP contribution in [0.2, 0.25) is 0 Å². The Kier molecular flexibility index (Phi) is 44.6. The monoisotopic (exact) mass is 1520 g/mol. The number of carbonyl (C=O) groups is 18. The molecule has 0 aromatic heterocycles. The SMILES string of the molecule is CC[C@@H](NC(=O)[C@H](CC[C@@H](CC(=O)O)NC(=O)Cc1ccc(CNC=O)cc1)CC(=O)O)C(=O)O.O=CNCc1ccc(CC(=O)N[C@@H](CC[C@H](CC(=O)O)C(=O)N[C@@H](CS)C(=O)O)CC(=O)O)cc1.O=CNCc1ccc(CC(=O)N[C@H](CC[C@@H](CC(=O)O)C(=O)N[C@@H](CS)C(=O)O)CC(=O)O)cc1. The number of aliphatic carboxylic acids is 9. The highest BCUT2D eigenvalue weighted by molar-refractivity contribution is 7.80. The van der Waals surface area contributed by atoms with Crippen LogP contribution in [0.25, 0.3) is 0 Å². The largest absolute Gasteiger partial charge is 0.481 e. The van der Waals surface area contributed by atoms with E-state index in [9.17, 15) is 102 Å². The molecule has 36 nitrogen and oxygen atoms in total. The number of thiol groups is 2. The van der Waals surface area contributed by atoms with Gasteiger partial charge >= 0.3 is 53.7 Å². The topological polar surface area (TPSA) is 598 Å². The molecule has 0 aliphatic carbocycles. The van der Waals surface area contributed by atoms with E-state index in [0.717, 1.165) is 16.7 Å². The quantitative estimate of drug-likeness (QED) is 0.0259. The van der Waals surface area contributed by atoms with E-state index in [2.05, 4.69) is 73.1 Å². The molecule has 0 aliphatic rings. The minimum atomic E-state index is -1.33. The summed E-state index contributed by atoms with van der Waals surface area (Å²) in [7, 11) is 0. The molecule has 3 rings (SSSR count). The first-order valence-electron chi connectivity index (χ1n) is 32.4. The highest BCUT2D eigenvalue weighted by Crippen LogP contribution is 2.20. The summed E-state index contributed by atoms with van der Waals surface area (Å²) in [6.07, 6.45) is -1.66. The number of carboxylic acids is 9. The lowest BCUT2D eigenvalue weighted by molar-refractivity contribution is -0.144. The summed E-state index contributed by atoms with van der Waals surface area (Å²) in [6.45, 7) is 2.57. The lowest BCUT2D eigenvalue weighted by atomic mass is 9.94. The van der Waals surface area contributed by atoms with E-state index >= 15 is 0 Å². The van der Waals surface area contributed by atoms with Gasteiger partial charge in [-0.15, -0.1) is 0 Å². The van der Waals surface area contributed by atoms with Crippen molar-refractivity contribution in [2.75, 3.05) is 11.5 Å². The van der Waals surface area contributed by atoms with E-state index in [1.54, 1.807) is 79.7 Å². The van der Waals surface area contributed by atoms with Gasteiger partial charge in [0.25, 0.3) is 0 Å². The van der Waals surface area contributed by atoms with Crippen molar-refractivity contribution in [1.82, 2.24) is 47.9 Å². The molecule has 0 fully saturated rings. The van der Waals surface area contributed by atoms with Crippen LogP contribution < -0.4 is 47.9 Å². The van der Waals surface area contributed by atoms with Gasteiger partial charge in [-0.05, 0) is 78.3 Å². The van der Waals surface area contributed by atoms with Crippen molar-refractivity contribution in [3.05, 3.63) is 106 Å². The molecule has 0 spiro atoms. The molecule has 0 radical (unpaired) electrons. The molecule has 38 heteroatoms. The van der Waals surface area contributed by atoms with Crippen molar-refractivity contribution in [1.29, 1.82) is 0 Å². The smallest absolute Gasteiger partial charge is 0.327 e. The minimum Gasteiger partial charge on any atom is -0.481 e. The second-order valence-corrected chi connectivity index (χ2v) is 24.4. The van der Waals surface area contributed by atoms with Crippen molar-refractivity contribution in [3.63, 3.8) is 0 Å². The van der Waals surface area contributed by atoms with Gasteiger partial charge in [-0.2, -0.15) is 25.3 Å². The van der Waals surface area contributed by atoms with E-state index in [1.807, 2.05) is 0 Å². The van der Waals surface area contributed by atoms with E-state index < -0.39 is 182 Å². The van der Waals surface area contributed by atoms with E-state index in [4.69, 9.17) is 30.6 Å². The predicted molar refractivity (Wildman–Crippen MR) is 373 cm³/mol. The van der Waals surface area contributed by atoms with Crippen LogP contribution in [-0.4, -0.2) is 202 Å². The van der Waals surface area contributed by atoms with Gasteiger partial charge in [-0.3, -0.25) is 71.9 Å². The molecule has 105 heavy (non-hydrogen) atoms. The fourth-order valence-corrected chi connectivity index (χ4v) is 10.4. The van der Waals surface area contributed by atoms with Crippen molar-refractivity contribution in [2.45, 2.75) is 166 Å². The molecule has 18 N–H and O–H groups in total. The first-order valence-corrected chi connectivity index (χ1v) is 33.7. The Balaban J connectivity index is 0.000000787. The van der Waals surface area contributed by atoms with Crippen molar-refractivity contribution in [3.8, 4) is 0 Å². The average Bonchev–Trinajstić information content (AvgIpc) is 0.950. The summed E-state index contributed by atoms with van der Waals surface area (Å²) in [4.78, 5) is 207. The molecule has 9 atom stereocenters. The fraction of sp³-hybridized carbons (Fsp3) is 0.463. The number of hydrogen-bond donors (Lipinski definition) is 20. The van der Waals surface area contributed by atoms with Crippen molar-refractivity contribution in [2.24, 2.45) is 17.8 Å². The van der Waals surface area contributed by atoms with Gasteiger partial charge in [0.1, 0.15) is 18.1 Å². The molecule has 0 heterocycles. The number of carboxylic acid groups (broad SMARTS) is 9. The molecule has 3 aromatic rings. The third-order valence-electron chi connectivity index (χ3n) is 15.3. The number of amides is 9. The molecule has 0 bridgehead atoms. The Bertz CT molecular complexity index is 3070. The maximum Gasteiger partial charge on any atom is 0.327 e. The summed E-state index contributed by atoms with van der Waals surface area (Å²) in [5.41, 5.74) is 4.46. The third-order valence-corrected chi connectivity index (χ3v) is 16.0. The van der Waals surface area contributed by atoms with Crippen LogP contribution in [-0.2, 0) is 125 Å². The van der Waals surface area contributed by atoms with Crippen LogP contribution >= 0.6 is 25.3 Å². The normalized spacial score (nSPS) is 13.1. The lowest BCUT2D eigenvalue weighted by Gasteiger charge is -2.22. The predicted octanol–water partition coefficient (Wildman–Crippen LogP) is -0.105. The van der Waals surface area contributed by atoms with Gasteiger partial charge in [0.15, 0.2) is 0 Å². The highest BCUT2D eigenvalue weighted by atomic mass is 32.1. The maximum absolute atomic E-state index is 12.5. The van der Waals surface area contributed by atoms with Crippen molar-refractivity contribution < 1.29 is 132 Å². The fourth-order valence-electron chi connectivity index (χ4n) is 9.90. The van der Waals surface area contributed by atoms with E-state index in [0.29, 0.717) is 55.6 Å². The molecule has 0 saturated carbocycles. The zero-order valence-electron chi connectivity index (χ0n) is 57.0. The summed E-state index contributed by atoms with van der Waals surface area (Å²) >= 11 is 7.70. The van der Waals surface area contributed by atoms with Crippen LogP contribution in [0.3, 0.4) is 0 Å². The minimum absolute atomic E-state index is 0.00354. The van der Waals surface area contributed by atoms with Gasteiger partial charge in [-0.25, -0.2) is 14.4 Å². The standard InChI is InChI=1S/C23H31N3O9.2C22H29N3O9S/c1-2-18(23(34)35)26-22(33)16(10-20(29)30)7-8-17(11-21(31)32)25-19(28)9-14-3-5-15(6-4-14)12-24-13-27;2*26-12-23-10-14-3-1-13(2-4-14)7-18(27)24-16(9-20(30)31)6-5-15(8-19(28)29)21(32)25-17(11-35)22(33)34/h3-6,13,16-18H,2,7-12H2,1H3,(H,24,27)(H,25,28)(H,26,33)(H,29,30)(H,31,32)(H,34,35);2*1-4,12,15-17,35H,5-11H2,(H,23,26)(H,24,27)(H,25,32)(H,28,29)(H,30,31)(H,33,34)/t16-,17+,18-;15-,16+,17+;15-,16+,17-/m110/s1. The average molecular weight is 1520 g/mol. The summed E-state index contributed by atoms with van der Waals surface area (Å²) in [6, 6.07) is 14.2. The highest BCUT2D eigenvalue weighted by Gasteiger charge is 2.32. The summed E-state index contributed by atoms with van der Waals surface area (Å²) in [5, 5.41) is 104. The Hall–Kier alpha value is -11.2. The van der Waals surface area contributed by atoms with Gasteiger partial charge in [-0.1, -0.05) is 79.7 Å². The molecule has 9 amide bonds. The summed E-state index contributed by atoms with van der Waals surface area (Å²) in [5.74, 6) is -18.8. The van der Waals surface area contributed by atoms with Gasteiger partial charge in [0.2, 0.25) is 54.7 Å². The molecule has 0 saturated heterocycles. The van der Waals surface area contributed by atoms with Crippen molar-refractivity contribution >= 4 is 134 Å². The molecule has 0 unspecified atom stereocenters. The number of nitrogens with one attached hydrogen (secondary N) is 9. The zero-order chi connectivity index (χ0) is 79.1. The molecular weight excluding hydrogens is 1430 g/mol. The Morgan fingerprint density at radius 2 is 0.543 bits per heavy atom. The number of carbonyl (C=O) groups excluding carboxylic acids is 9. The first kappa shape index (κ1) is 91.8. The maximum atomic E-state index is 12.5. The van der Waals surface area contributed by atoms with Crippen LogP contribution in [0.1, 0.15) is 124 Å². The van der Waals surface area contributed by atoms with E-state index in [1.165, 1.54) is 0 Å². The Labute approximate surface area is 612 Å². The van der Waals surface area contributed by atoms with E-state index in [-0.39, 0.29) is 75.7 Å². The van der Waals surface area contributed by atoms with Crippen LogP contribution in [0.5, 0.6) is 0 Å². The second kappa shape index (κ2) is 51.0. The summed E-state index contributed by atoms with van der Waals surface area (Å²) < 4.78 is 0. The number of benzene rings is 3. The Morgan fingerprint density at radius 1 is 0.324 bits per heavy atom. The van der Waals surface area contributed by atoms with Gasteiger partial charge < -0.3 is 93.8 Å². The zero-order valence-corrected chi connectivity index (χ0v) is 58.8. The molecule has 0 aliphatic heterocycles. The van der Waals surface area contributed by atoms with Crippen LogP contribution in [0.15, 0.2) is 72.8 Å². The lowest BCUT2D eigenvalue weighted by Crippen LogP contribution is -2.45. The third kappa shape index (κ3) is 41.5. The first-order chi connectivity index (χ1) is 49.6. The van der Waals surface area contributed by atoms with Crippen LogP contribution in [0, 0.1) is 17.8 Å². The molecule has 3 aromatic carbocycles. The Morgan fingerprint density at radius 3 is 0.733 bits per heavy atom. The number of rotatable bonds is 51. The van der Waals surface area contributed by atoms with Gasteiger partial charge in [0.05, 0.1) is 57.8 Å². The van der Waals surface area contributed by atoms with Gasteiger partial charge in [0, 0.05) is 67.0 Å². The molecular formula is C67H89N9O27S2. The molecule has 576 valence electrons.